The lowest BCUT2D eigenvalue weighted by Gasteiger charge is -2.17. The van der Waals surface area contributed by atoms with E-state index in [1.54, 1.807) is 12.1 Å². The summed E-state index contributed by atoms with van der Waals surface area (Å²) in [5.74, 6) is -0.541. The molecule has 1 aromatic heterocycles. The molecule has 112 valence electrons. The molecular formula is C16H18F2N2O. The SMILES string of the molecule is CCNC(Cc1ccc(OC)c(F)c1)c1ccc(F)cn1. The quantitative estimate of drug-likeness (QED) is 0.887. The van der Waals surface area contributed by atoms with Gasteiger partial charge in [0.05, 0.1) is 25.0 Å². The molecule has 5 heteroatoms. The molecular weight excluding hydrogens is 274 g/mol. The molecule has 21 heavy (non-hydrogen) atoms. The van der Waals surface area contributed by atoms with Crippen molar-refractivity contribution in [3.63, 3.8) is 0 Å². The number of rotatable bonds is 6. The number of nitrogens with zero attached hydrogens (tertiary/aromatic N) is 1. The third-order valence-corrected chi connectivity index (χ3v) is 3.21. The molecule has 0 spiro atoms. The fourth-order valence-corrected chi connectivity index (χ4v) is 2.19. The summed E-state index contributed by atoms with van der Waals surface area (Å²) >= 11 is 0. The first-order chi connectivity index (χ1) is 10.1. The standard InChI is InChI=1S/C16H18F2N2O/c1-3-19-15(14-6-5-12(17)10-20-14)9-11-4-7-16(21-2)13(18)8-11/h4-8,10,15,19H,3,9H2,1-2H3. The lowest BCUT2D eigenvalue weighted by molar-refractivity contribution is 0.386. The normalized spacial score (nSPS) is 12.2. The maximum Gasteiger partial charge on any atom is 0.165 e. The van der Waals surface area contributed by atoms with Crippen LogP contribution in [0.5, 0.6) is 5.75 Å². The van der Waals surface area contributed by atoms with Crippen LogP contribution in [0.2, 0.25) is 0 Å². The Hall–Kier alpha value is -2.01. The Morgan fingerprint density at radius 1 is 1.24 bits per heavy atom. The van der Waals surface area contributed by atoms with E-state index < -0.39 is 5.82 Å². The van der Waals surface area contributed by atoms with E-state index in [-0.39, 0.29) is 17.6 Å². The van der Waals surface area contributed by atoms with Gasteiger partial charge in [0, 0.05) is 0 Å². The topological polar surface area (TPSA) is 34.1 Å². The van der Waals surface area contributed by atoms with Crippen molar-refractivity contribution >= 4 is 0 Å². The van der Waals surface area contributed by atoms with Crippen LogP contribution in [-0.2, 0) is 6.42 Å². The van der Waals surface area contributed by atoms with Crippen LogP contribution in [0.4, 0.5) is 8.78 Å². The minimum absolute atomic E-state index is 0.0941. The van der Waals surface area contributed by atoms with Crippen LogP contribution in [0.1, 0.15) is 24.2 Å². The number of likely N-dealkylation sites (N-methyl/N-ethyl adjacent to an activating group) is 1. The van der Waals surface area contributed by atoms with Gasteiger partial charge in [0.25, 0.3) is 0 Å². The van der Waals surface area contributed by atoms with Crippen LogP contribution >= 0.6 is 0 Å². The summed E-state index contributed by atoms with van der Waals surface area (Å²) in [6, 6.07) is 7.79. The van der Waals surface area contributed by atoms with E-state index in [0.717, 1.165) is 17.8 Å². The maximum absolute atomic E-state index is 13.7. The van der Waals surface area contributed by atoms with Gasteiger partial charge < -0.3 is 10.1 Å². The van der Waals surface area contributed by atoms with Gasteiger partial charge in [-0.05, 0) is 42.8 Å². The van der Waals surface area contributed by atoms with Gasteiger partial charge in [-0.3, -0.25) is 4.98 Å². The summed E-state index contributed by atoms with van der Waals surface area (Å²) < 4.78 is 31.6. The lowest BCUT2D eigenvalue weighted by Crippen LogP contribution is -2.24. The summed E-state index contributed by atoms with van der Waals surface area (Å²) in [4.78, 5) is 4.09. The van der Waals surface area contributed by atoms with Crippen LogP contribution in [0.25, 0.3) is 0 Å². The fourth-order valence-electron chi connectivity index (χ4n) is 2.19. The average Bonchev–Trinajstić information content (AvgIpc) is 2.48. The maximum atomic E-state index is 13.7. The molecule has 1 N–H and O–H groups in total. The predicted molar refractivity (Wildman–Crippen MR) is 77.3 cm³/mol. The summed E-state index contributed by atoms with van der Waals surface area (Å²) in [5, 5.41) is 3.28. The Balaban J connectivity index is 2.19. The first-order valence-electron chi connectivity index (χ1n) is 6.81. The van der Waals surface area contributed by atoms with E-state index in [1.807, 2.05) is 13.0 Å². The molecule has 0 fully saturated rings. The van der Waals surface area contributed by atoms with E-state index in [0.29, 0.717) is 6.42 Å². The molecule has 0 amide bonds. The van der Waals surface area contributed by atoms with E-state index in [1.165, 1.54) is 25.4 Å². The third kappa shape index (κ3) is 3.98. The van der Waals surface area contributed by atoms with Crippen molar-refractivity contribution in [1.29, 1.82) is 0 Å². The molecule has 0 saturated heterocycles. The van der Waals surface area contributed by atoms with Crippen LogP contribution in [0.3, 0.4) is 0 Å². The van der Waals surface area contributed by atoms with Gasteiger partial charge in [0.1, 0.15) is 5.82 Å². The van der Waals surface area contributed by atoms with Crippen LogP contribution in [-0.4, -0.2) is 18.6 Å². The zero-order valence-electron chi connectivity index (χ0n) is 12.1. The van der Waals surface area contributed by atoms with E-state index in [2.05, 4.69) is 10.3 Å². The molecule has 0 bridgehead atoms. The molecule has 0 aliphatic rings. The first kappa shape index (κ1) is 15.4. The number of pyridine rings is 1. The zero-order valence-corrected chi connectivity index (χ0v) is 12.1. The second-order valence-electron chi connectivity index (χ2n) is 4.68. The Labute approximate surface area is 123 Å². The van der Waals surface area contributed by atoms with Gasteiger partial charge in [-0.25, -0.2) is 8.78 Å². The van der Waals surface area contributed by atoms with Crippen LogP contribution in [0.15, 0.2) is 36.5 Å². The predicted octanol–water partition coefficient (Wildman–Crippen LogP) is 3.26. The van der Waals surface area contributed by atoms with Crippen molar-refractivity contribution in [3.05, 3.63) is 59.4 Å². The summed E-state index contributed by atoms with van der Waals surface area (Å²) in [5.41, 5.74) is 1.56. The number of halogens is 2. The van der Waals surface area contributed by atoms with Crippen molar-refractivity contribution in [2.75, 3.05) is 13.7 Å². The highest BCUT2D eigenvalue weighted by molar-refractivity contribution is 5.30. The Morgan fingerprint density at radius 2 is 2.05 bits per heavy atom. The van der Waals surface area contributed by atoms with Crippen molar-refractivity contribution in [2.24, 2.45) is 0 Å². The molecule has 1 aromatic carbocycles. The van der Waals surface area contributed by atoms with Crippen molar-refractivity contribution in [2.45, 2.75) is 19.4 Å². The number of benzene rings is 1. The monoisotopic (exact) mass is 292 g/mol. The van der Waals surface area contributed by atoms with E-state index in [9.17, 15) is 8.78 Å². The van der Waals surface area contributed by atoms with Crippen molar-refractivity contribution in [1.82, 2.24) is 10.3 Å². The number of hydrogen-bond acceptors (Lipinski definition) is 3. The van der Waals surface area contributed by atoms with Gasteiger partial charge in [-0.2, -0.15) is 0 Å². The lowest BCUT2D eigenvalue weighted by atomic mass is 10.0. The first-order valence-corrected chi connectivity index (χ1v) is 6.81. The van der Waals surface area contributed by atoms with Crippen molar-refractivity contribution < 1.29 is 13.5 Å². The zero-order chi connectivity index (χ0) is 15.2. The molecule has 1 heterocycles. The average molecular weight is 292 g/mol. The van der Waals surface area contributed by atoms with Crippen molar-refractivity contribution in [3.8, 4) is 5.75 Å². The molecule has 1 atom stereocenters. The van der Waals surface area contributed by atoms with Gasteiger partial charge in [-0.1, -0.05) is 13.0 Å². The van der Waals surface area contributed by atoms with Gasteiger partial charge in [0.2, 0.25) is 0 Å². The Bertz CT molecular complexity index is 587. The van der Waals surface area contributed by atoms with E-state index >= 15 is 0 Å². The minimum atomic E-state index is -0.391. The number of methoxy groups -OCH3 is 1. The van der Waals surface area contributed by atoms with Gasteiger partial charge in [0.15, 0.2) is 11.6 Å². The van der Waals surface area contributed by atoms with Gasteiger partial charge >= 0.3 is 0 Å². The number of nitrogens with one attached hydrogen (secondary N) is 1. The third-order valence-electron chi connectivity index (χ3n) is 3.21. The number of hydrogen-bond donors (Lipinski definition) is 1. The second-order valence-corrected chi connectivity index (χ2v) is 4.68. The highest BCUT2D eigenvalue weighted by Gasteiger charge is 2.14. The Morgan fingerprint density at radius 3 is 2.62 bits per heavy atom. The van der Waals surface area contributed by atoms with Crippen LogP contribution < -0.4 is 10.1 Å². The molecule has 2 aromatic rings. The molecule has 0 saturated carbocycles. The second kappa shape index (κ2) is 7.13. The number of ether oxygens (including phenoxy) is 1. The molecule has 0 radical (unpaired) electrons. The van der Waals surface area contributed by atoms with Gasteiger partial charge in [-0.15, -0.1) is 0 Å². The smallest absolute Gasteiger partial charge is 0.165 e. The fraction of sp³-hybridized carbons (Fsp3) is 0.312. The molecule has 3 nitrogen and oxygen atoms in total. The largest absolute Gasteiger partial charge is 0.494 e. The Kier molecular flexibility index (Phi) is 5.22. The molecule has 0 aliphatic carbocycles. The molecule has 2 rings (SSSR count). The molecule has 0 aliphatic heterocycles. The summed E-state index contributed by atoms with van der Waals surface area (Å²) in [6.07, 6.45) is 1.75. The minimum Gasteiger partial charge on any atom is -0.494 e. The van der Waals surface area contributed by atoms with Crippen LogP contribution in [0, 0.1) is 11.6 Å². The highest BCUT2D eigenvalue weighted by Crippen LogP contribution is 2.22. The summed E-state index contributed by atoms with van der Waals surface area (Å²) in [7, 11) is 1.43. The summed E-state index contributed by atoms with van der Waals surface area (Å²) in [6.45, 7) is 2.72. The van der Waals surface area contributed by atoms with E-state index in [4.69, 9.17) is 4.74 Å². The highest BCUT2D eigenvalue weighted by atomic mass is 19.1. The molecule has 1 unspecified atom stereocenters. The number of aromatic nitrogens is 1.